The van der Waals surface area contributed by atoms with Crippen molar-refractivity contribution < 1.29 is 22.6 Å². The van der Waals surface area contributed by atoms with Crippen molar-refractivity contribution in [3.05, 3.63) is 35.9 Å². The zero-order chi connectivity index (χ0) is 19.4. The van der Waals surface area contributed by atoms with E-state index in [1.807, 2.05) is 30.3 Å². The summed E-state index contributed by atoms with van der Waals surface area (Å²) in [6, 6.07) is 9.87. The molecule has 3 aliphatic heterocycles. The number of nitrogens with zero attached hydrogens (tertiary/aromatic N) is 1. The second kappa shape index (κ2) is 9.19. The van der Waals surface area contributed by atoms with Gasteiger partial charge in [-0.2, -0.15) is 0 Å². The smallest absolute Gasteiger partial charge is 0.212 e. The molecule has 3 fully saturated rings. The number of sulfonamides is 1. The lowest BCUT2D eigenvalue weighted by molar-refractivity contribution is -0.00461. The lowest BCUT2D eigenvalue weighted by Gasteiger charge is -2.31. The van der Waals surface area contributed by atoms with Gasteiger partial charge >= 0.3 is 0 Å². The van der Waals surface area contributed by atoms with Crippen LogP contribution in [0.4, 0.5) is 0 Å². The highest BCUT2D eigenvalue weighted by molar-refractivity contribution is 7.89. The van der Waals surface area contributed by atoms with Crippen LogP contribution in [0, 0.1) is 0 Å². The van der Waals surface area contributed by atoms with Crippen LogP contribution in [0.2, 0.25) is 0 Å². The Morgan fingerprint density at radius 2 is 1.64 bits per heavy atom. The molecule has 4 rings (SSSR count). The van der Waals surface area contributed by atoms with Gasteiger partial charge in [0.1, 0.15) is 0 Å². The fourth-order valence-electron chi connectivity index (χ4n) is 4.25. The number of hydrogen-bond donors (Lipinski definition) is 1. The molecule has 0 saturated carbocycles. The number of likely N-dealkylation sites (tertiary alicyclic amines) is 1. The van der Waals surface area contributed by atoms with Gasteiger partial charge in [0.05, 0.1) is 37.2 Å². The van der Waals surface area contributed by atoms with Gasteiger partial charge in [-0.15, -0.1) is 0 Å². The molecule has 28 heavy (non-hydrogen) atoms. The molecule has 0 unspecified atom stereocenters. The van der Waals surface area contributed by atoms with Crippen molar-refractivity contribution in [3.63, 3.8) is 0 Å². The van der Waals surface area contributed by atoms with Gasteiger partial charge in [0.25, 0.3) is 0 Å². The average molecular weight is 411 g/mol. The van der Waals surface area contributed by atoms with Gasteiger partial charge in [0.15, 0.2) is 0 Å². The third-order valence-corrected chi connectivity index (χ3v) is 7.26. The average Bonchev–Trinajstić information content (AvgIpc) is 3.04. The Kier molecular flexibility index (Phi) is 6.65. The summed E-state index contributed by atoms with van der Waals surface area (Å²) in [6.45, 7) is 4.06. The SMILES string of the molecule is O=S(=O)(CCc1ccccc1)NC1CO[C@H]2CN(C3CCOCC3)C[C@@H]2OC1. The molecule has 3 heterocycles. The van der Waals surface area contributed by atoms with Crippen molar-refractivity contribution in [2.45, 2.75) is 43.6 Å². The molecule has 0 spiro atoms. The number of aryl methyl sites for hydroxylation is 1. The van der Waals surface area contributed by atoms with E-state index in [0.717, 1.165) is 44.7 Å². The van der Waals surface area contributed by atoms with Gasteiger partial charge in [-0.05, 0) is 24.8 Å². The molecule has 0 aliphatic carbocycles. The Labute approximate surface area is 167 Å². The van der Waals surface area contributed by atoms with Crippen molar-refractivity contribution in [1.29, 1.82) is 0 Å². The summed E-state index contributed by atoms with van der Waals surface area (Å²) in [4.78, 5) is 2.45. The predicted molar refractivity (Wildman–Crippen MR) is 106 cm³/mol. The molecule has 0 radical (unpaired) electrons. The zero-order valence-corrected chi connectivity index (χ0v) is 17.0. The standard InChI is InChI=1S/C20H30N2O5S/c23-28(24,11-8-16-4-2-1-3-5-16)21-17-14-26-19-12-22(13-20(19)27-15-17)18-6-9-25-10-7-18/h1-5,17-21H,6-15H2/t19-,20-/m0/s1. The molecule has 1 aromatic carbocycles. The normalized spacial score (nSPS) is 28.1. The highest BCUT2D eigenvalue weighted by Gasteiger charge is 2.40. The summed E-state index contributed by atoms with van der Waals surface area (Å²) in [7, 11) is -3.38. The van der Waals surface area contributed by atoms with Gasteiger partial charge in [-0.3, -0.25) is 4.90 Å². The van der Waals surface area contributed by atoms with Crippen LogP contribution in [0.5, 0.6) is 0 Å². The van der Waals surface area contributed by atoms with Crippen molar-refractivity contribution in [2.24, 2.45) is 0 Å². The van der Waals surface area contributed by atoms with Crippen molar-refractivity contribution in [3.8, 4) is 0 Å². The molecule has 0 aromatic heterocycles. The van der Waals surface area contributed by atoms with Crippen LogP contribution < -0.4 is 4.72 Å². The first-order valence-corrected chi connectivity index (χ1v) is 11.8. The van der Waals surface area contributed by atoms with Crippen LogP contribution in [0.15, 0.2) is 30.3 Å². The molecule has 0 bridgehead atoms. The molecular formula is C20H30N2O5S. The first-order valence-electron chi connectivity index (χ1n) is 10.2. The van der Waals surface area contributed by atoms with E-state index in [4.69, 9.17) is 14.2 Å². The maximum Gasteiger partial charge on any atom is 0.212 e. The fourth-order valence-corrected chi connectivity index (χ4v) is 5.51. The summed E-state index contributed by atoms with van der Waals surface area (Å²) in [5, 5.41) is 0. The summed E-state index contributed by atoms with van der Waals surface area (Å²) in [5.74, 6) is 0.0674. The quantitative estimate of drug-likeness (QED) is 0.748. The van der Waals surface area contributed by atoms with E-state index in [2.05, 4.69) is 9.62 Å². The summed E-state index contributed by atoms with van der Waals surface area (Å²) in [6.07, 6.45) is 2.64. The van der Waals surface area contributed by atoms with Crippen LogP contribution in [-0.2, 0) is 30.7 Å². The molecule has 2 atom stereocenters. The maximum atomic E-state index is 12.4. The van der Waals surface area contributed by atoms with E-state index in [9.17, 15) is 8.42 Å². The molecule has 3 aliphatic rings. The summed E-state index contributed by atoms with van der Waals surface area (Å²) >= 11 is 0. The van der Waals surface area contributed by atoms with E-state index < -0.39 is 10.0 Å². The fraction of sp³-hybridized carbons (Fsp3) is 0.700. The Morgan fingerprint density at radius 3 is 2.29 bits per heavy atom. The molecule has 1 aromatic rings. The molecule has 156 valence electrons. The van der Waals surface area contributed by atoms with Crippen molar-refractivity contribution in [2.75, 3.05) is 45.3 Å². The number of fused-ring (bicyclic) bond motifs is 1. The highest BCUT2D eigenvalue weighted by atomic mass is 32.2. The predicted octanol–water partition coefficient (Wildman–Crippen LogP) is 0.796. The lowest BCUT2D eigenvalue weighted by Crippen LogP contribution is -2.43. The van der Waals surface area contributed by atoms with Crippen molar-refractivity contribution >= 4 is 10.0 Å². The number of hydrogen-bond acceptors (Lipinski definition) is 6. The molecule has 8 heteroatoms. The highest BCUT2D eigenvalue weighted by Crippen LogP contribution is 2.25. The van der Waals surface area contributed by atoms with Crippen LogP contribution in [0.3, 0.4) is 0 Å². The lowest BCUT2D eigenvalue weighted by atomic mass is 10.1. The van der Waals surface area contributed by atoms with Gasteiger partial charge in [-0.25, -0.2) is 13.1 Å². The monoisotopic (exact) mass is 410 g/mol. The van der Waals surface area contributed by atoms with Gasteiger partial charge < -0.3 is 14.2 Å². The second-order valence-electron chi connectivity index (χ2n) is 7.91. The Balaban J connectivity index is 1.25. The van der Waals surface area contributed by atoms with Crippen LogP contribution in [-0.4, -0.2) is 82.9 Å². The first-order chi connectivity index (χ1) is 13.6. The second-order valence-corrected chi connectivity index (χ2v) is 9.78. The molecule has 1 N–H and O–H groups in total. The van der Waals surface area contributed by atoms with Crippen LogP contribution in [0.1, 0.15) is 18.4 Å². The largest absolute Gasteiger partial charge is 0.381 e. The van der Waals surface area contributed by atoms with Crippen LogP contribution in [0.25, 0.3) is 0 Å². The Hall–Kier alpha value is -1.03. The van der Waals surface area contributed by atoms with Crippen LogP contribution >= 0.6 is 0 Å². The van der Waals surface area contributed by atoms with E-state index in [0.29, 0.717) is 25.7 Å². The number of ether oxygens (including phenoxy) is 3. The Bertz CT molecular complexity index is 707. The maximum absolute atomic E-state index is 12.4. The minimum atomic E-state index is -3.38. The van der Waals surface area contributed by atoms with Gasteiger partial charge in [-0.1, -0.05) is 30.3 Å². The van der Waals surface area contributed by atoms with Gasteiger partial charge in [0.2, 0.25) is 10.0 Å². The van der Waals surface area contributed by atoms with E-state index in [1.54, 1.807) is 0 Å². The molecule has 7 nitrogen and oxygen atoms in total. The Morgan fingerprint density at radius 1 is 1.00 bits per heavy atom. The molecule has 3 saturated heterocycles. The van der Waals surface area contributed by atoms with E-state index >= 15 is 0 Å². The number of rotatable bonds is 6. The summed E-state index contributed by atoms with van der Waals surface area (Å²) < 4.78 is 45.2. The minimum Gasteiger partial charge on any atom is -0.381 e. The van der Waals surface area contributed by atoms with Gasteiger partial charge in [0, 0.05) is 32.3 Å². The van der Waals surface area contributed by atoms with E-state index in [-0.39, 0.29) is 24.0 Å². The molecular weight excluding hydrogens is 380 g/mol. The third kappa shape index (κ3) is 5.31. The first kappa shape index (κ1) is 20.3. The zero-order valence-electron chi connectivity index (χ0n) is 16.2. The van der Waals surface area contributed by atoms with Crippen molar-refractivity contribution in [1.82, 2.24) is 9.62 Å². The number of nitrogens with one attached hydrogen (secondary N) is 1. The third-order valence-electron chi connectivity index (χ3n) is 5.82. The van der Waals surface area contributed by atoms with E-state index in [1.165, 1.54) is 0 Å². The minimum absolute atomic E-state index is 0.0154. The summed E-state index contributed by atoms with van der Waals surface area (Å²) in [5.41, 5.74) is 1.02. The number of benzene rings is 1. The topological polar surface area (TPSA) is 77.1 Å². The molecule has 0 amide bonds.